The number of nitriles is 1. The van der Waals surface area contributed by atoms with Crippen LogP contribution in [0.25, 0.3) is 0 Å². The van der Waals surface area contributed by atoms with E-state index < -0.39 is 11.1 Å². The normalized spacial score (nSPS) is 11.0. The van der Waals surface area contributed by atoms with Gasteiger partial charge in [0.2, 0.25) is 0 Å². The van der Waals surface area contributed by atoms with E-state index in [2.05, 4.69) is 0 Å². The van der Waals surface area contributed by atoms with E-state index in [1.807, 2.05) is 6.07 Å². The standard InChI is InChI=1S/C7H5NO2S.Li/c8-5-6-1-3-7(4-2-6)11(9)10;/h1-4H,(H,9,10);/q;+1/p-1. The van der Waals surface area contributed by atoms with Gasteiger partial charge in [0.15, 0.2) is 0 Å². The van der Waals surface area contributed by atoms with Crippen LogP contribution < -0.4 is 18.9 Å². The first-order valence-corrected chi connectivity index (χ1v) is 3.91. The molecular formula is C7H4LiNO2S. The SMILES string of the molecule is N#Cc1ccc(S(=O)[O-])cc1.[Li+]. The topological polar surface area (TPSA) is 63.9 Å². The monoisotopic (exact) mass is 173 g/mol. The summed E-state index contributed by atoms with van der Waals surface area (Å²) in [5.41, 5.74) is 0.458. The van der Waals surface area contributed by atoms with Crippen molar-refractivity contribution in [3.8, 4) is 6.07 Å². The van der Waals surface area contributed by atoms with Crippen LogP contribution in [0, 0.1) is 11.3 Å². The Labute approximate surface area is 84.9 Å². The fourth-order valence-corrected chi connectivity index (χ4v) is 0.999. The zero-order chi connectivity index (χ0) is 8.27. The molecular weight excluding hydrogens is 169 g/mol. The molecule has 12 heavy (non-hydrogen) atoms. The molecule has 1 aromatic carbocycles. The molecule has 0 fully saturated rings. The number of nitrogens with zero attached hydrogens (tertiary/aromatic N) is 1. The first-order valence-electron chi connectivity index (χ1n) is 2.83. The van der Waals surface area contributed by atoms with E-state index in [9.17, 15) is 8.76 Å². The van der Waals surface area contributed by atoms with Crippen LogP contribution in [0.3, 0.4) is 0 Å². The zero-order valence-corrected chi connectivity index (χ0v) is 7.30. The summed E-state index contributed by atoms with van der Waals surface area (Å²) in [7, 11) is 0. The van der Waals surface area contributed by atoms with Crippen molar-refractivity contribution in [3.05, 3.63) is 29.8 Å². The Morgan fingerprint density at radius 1 is 1.33 bits per heavy atom. The van der Waals surface area contributed by atoms with Crippen LogP contribution in [0.5, 0.6) is 0 Å². The van der Waals surface area contributed by atoms with Crippen LogP contribution >= 0.6 is 0 Å². The average molecular weight is 173 g/mol. The van der Waals surface area contributed by atoms with Gasteiger partial charge < -0.3 is 4.55 Å². The average Bonchev–Trinajstić information content (AvgIpc) is 2.05. The van der Waals surface area contributed by atoms with E-state index in [1.165, 1.54) is 24.3 Å². The Bertz CT molecular complexity index is 317. The summed E-state index contributed by atoms with van der Waals surface area (Å²) in [4.78, 5) is 0.198. The van der Waals surface area contributed by atoms with Crippen molar-refractivity contribution in [1.82, 2.24) is 0 Å². The maximum Gasteiger partial charge on any atom is 1.00 e. The fourth-order valence-electron chi connectivity index (χ4n) is 0.641. The molecule has 0 aliphatic carbocycles. The van der Waals surface area contributed by atoms with Crippen molar-refractivity contribution in [2.24, 2.45) is 0 Å². The minimum absolute atomic E-state index is 0. The molecule has 1 unspecified atom stereocenters. The molecule has 1 aromatic rings. The molecule has 1 atom stereocenters. The van der Waals surface area contributed by atoms with Gasteiger partial charge in [0.25, 0.3) is 0 Å². The maximum absolute atomic E-state index is 10.3. The Morgan fingerprint density at radius 3 is 2.17 bits per heavy atom. The molecule has 0 saturated carbocycles. The zero-order valence-electron chi connectivity index (χ0n) is 6.48. The van der Waals surface area contributed by atoms with Crippen LogP contribution in [0.4, 0.5) is 0 Å². The van der Waals surface area contributed by atoms with E-state index in [4.69, 9.17) is 5.26 Å². The summed E-state index contributed by atoms with van der Waals surface area (Å²) in [6, 6.07) is 7.60. The van der Waals surface area contributed by atoms with Gasteiger partial charge in [-0.15, -0.1) is 0 Å². The number of hydrogen-bond acceptors (Lipinski definition) is 3. The smallest absolute Gasteiger partial charge is 0.768 e. The van der Waals surface area contributed by atoms with Gasteiger partial charge in [-0.1, -0.05) is 0 Å². The third-order valence-electron chi connectivity index (χ3n) is 1.18. The Balaban J connectivity index is 0.00000121. The first-order chi connectivity index (χ1) is 5.24. The maximum atomic E-state index is 10.3. The second kappa shape index (κ2) is 5.13. The van der Waals surface area contributed by atoms with Crippen molar-refractivity contribution < 1.29 is 27.6 Å². The molecule has 0 N–H and O–H groups in total. The van der Waals surface area contributed by atoms with Gasteiger partial charge >= 0.3 is 18.9 Å². The summed E-state index contributed by atoms with van der Waals surface area (Å²) < 4.78 is 20.6. The third kappa shape index (κ3) is 2.81. The molecule has 0 amide bonds. The summed E-state index contributed by atoms with van der Waals surface area (Å²) in [6.07, 6.45) is 0. The fraction of sp³-hybridized carbons (Fsp3) is 0. The molecule has 0 aliphatic rings. The van der Waals surface area contributed by atoms with E-state index in [-0.39, 0.29) is 23.8 Å². The van der Waals surface area contributed by atoms with Gasteiger partial charge in [-0.3, -0.25) is 4.21 Å². The van der Waals surface area contributed by atoms with Gasteiger partial charge in [-0.2, -0.15) is 5.26 Å². The molecule has 0 bridgehead atoms. The van der Waals surface area contributed by atoms with Gasteiger partial charge in [0.05, 0.1) is 11.6 Å². The second-order valence-corrected chi connectivity index (χ2v) is 2.81. The third-order valence-corrected chi connectivity index (χ3v) is 1.83. The van der Waals surface area contributed by atoms with E-state index in [1.54, 1.807) is 0 Å². The van der Waals surface area contributed by atoms with Crippen molar-refractivity contribution in [3.63, 3.8) is 0 Å². The van der Waals surface area contributed by atoms with Gasteiger partial charge in [0, 0.05) is 4.90 Å². The van der Waals surface area contributed by atoms with Crippen molar-refractivity contribution >= 4 is 11.1 Å². The molecule has 1 rings (SSSR count). The molecule has 5 heteroatoms. The van der Waals surface area contributed by atoms with Gasteiger partial charge in [0.1, 0.15) is 0 Å². The van der Waals surface area contributed by atoms with Crippen LogP contribution in [-0.4, -0.2) is 8.76 Å². The molecule has 0 spiro atoms. The molecule has 3 nitrogen and oxygen atoms in total. The van der Waals surface area contributed by atoms with Crippen LogP contribution in [-0.2, 0) is 11.1 Å². The van der Waals surface area contributed by atoms with Crippen LogP contribution in [0.15, 0.2) is 29.2 Å². The summed E-state index contributed by atoms with van der Waals surface area (Å²) in [6.45, 7) is 0. The van der Waals surface area contributed by atoms with Gasteiger partial charge in [-0.25, -0.2) is 0 Å². The Hall–Kier alpha value is -0.583. The molecule has 0 aliphatic heterocycles. The molecule has 0 saturated heterocycles. The number of hydrogen-bond donors (Lipinski definition) is 0. The summed E-state index contributed by atoms with van der Waals surface area (Å²) in [5.74, 6) is 0. The first kappa shape index (κ1) is 11.4. The van der Waals surface area contributed by atoms with Crippen LogP contribution in [0.1, 0.15) is 5.56 Å². The minimum Gasteiger partial charge on any atom is -0.768 e. The van der Waals surface area contributed by atoms with Crippen molar-refractivity contribution in [1.29, 1.82) is 5.26 Å². The number of benzene rings is 1. The van der Waals surface area contributed by atoms with Gasteiger partial charge in [-0.05, 0) is 35.3 Å². The van der Waals surface area contributed by atoms with Crippen LogP contribution in [0.2, 0.25) is 0 Å². The largest absolute Gasteiger partial charge is 1.00 e. The predicted molar refractivity (Wildman–Crippen MR) is 38.3 cm³/mol. The summed E-state index contributed by atoms with van der Waals surface area (Å²) >= 11 is -2.20. The molecule has 0 aromatic heterocycles. The predicted octanol–water partition coefficient (Wildman–Crippen LogP) is -2.20. The molecule has 56 valence electrons. The molecule has 0 radical (unpaired) electrons. The Kier molecular flexibility index (Phi) is 4.88. The second-order valence-electron chi connectivity index (χ2n) is 1.87. The summed E-state index contributed by atoms with van der Waals surface area (Å²) in [5, 5.41) is 8.36. The minimum atomic E-state index is -2.20. The number of rotatable bonds is 1. The van der Waals surface area contributed by atoms with E-state index in [0.29, 0.717) is 5.56 Å². The Morgan fingerprint density at radius 2 is 1.83 bits per heavy atom. The van der Waals surface area contributed by atoms with E-state index in [0.717, 1.165) is 0 Å². The quantitative estimate of drug-likeness (QED) is 0.357. The molecule has 0 heterocycles. The van der Waals surface area contributed by atoms with Crippen molar-refractivity contribution in [2.75, 3.05) is 0 Å². The van der Waals surface area contributed by atoms with Crippen molar-refractivity contribution in [2.45, 2.75) is 4.90 Å². The van der Waals surface area contributed by atoms with E-state index >= 15 is 0 Å².